The quantitative estimate of drug-likeness (QED) is 0.376. The van der Waals surface area contributed by atoms with Crippen LogP contribution in [0.15, 0.2) is 48.5 Å². The zero-order chi connectivity index (χ0) is 19.3. The van der Waals surface area contributed by atoms with E-state index in [-0.39, 0.29) is 17.5 Å². The van der Waals surface area contributed by atoms with Gasteiger partial charge in [0.1, 0.15) is 17.4 Å². The second-order valence-corrected chi connectivity index (χ2v) is 5.74. The fraction of sp³-hybridized carbons (Fsp3) is 0.176. The summed E-state index contributed by atoms with van der Waals surface area (Å²) in [6.45, 7) is 0. The molecule has 26 heavy (non-hydrogen) atoms. The Morgan fingerprint density at radius 3 is 2.31 bits per heavy atom. The predicted molar refractivity (Wildman–Crippen MR) is 94.3 cm³/mol. The Balaban J connectivity index is 2.16. The van der Waals surface area contributed by atoms with Crippen molar-refractivity contribution < 1.29 is 29.9 Å². The number of carboxylic acids is 1. The van der Waals surface area contributed by atoms with Crippen molar-refractivity contribution in [3.05, 3.63) is 65.2 Å². The number of para-hydroxylation sites is 1. The predicted octanol–water partition coefficient (Wildman–Crippen LogP) is -0.170. The minimum atomic E-state index is -1.94. The van der Waals surface area contributed by atoms with Gasteiger partial charge >= 0.3 is 13.1 Å². The van der Waals surface area contributed by atoms with Crippen molar-refractivity contribution in [2.24, 2.45) is 5.73 Å². The molecule has 2 aromatic rings. The van der Waals surface area contributed by atoms with Crippen molar-refractivity contribution in [1.82, 2.24) is 5.32 Å². The second-order valence-electron chi connectivity index (χ2n) is 5.74. The first-order valence-corrected chi connectivity index (χ1v) is 7.82. The highest BCUT2D eigenvalue weighted by Crippen LogP contribution is 2.24. The number of carbonyl (C=O) groups excluding carboxylic acids is 1. The van der Waals surface area contributed by atoms with Gasteiger partial charge in [0, 0.05) is 0 Å². The first-order valence-electron chi connectivity index (χ1n) is 7.82. The zero-order valence-corrected chi connectivity index (χ0v) is 13.7. The Hall–Kier alpha value is -2.88. The van der Waals surface area contributed by atoms with Crippen LogP contribution in [0, 0.1) is 0 Å². The molecule has 0 bridgehead atoms. The molecule has 1 amide bonds. The Morgan fingerprint density at radius 2 is 1.73 bits per heavy atom. The molecule has 0 spiro atoms. The van der Waals surface area contributed by atoms with E-state index in [1.807, 2.05) is 0 Å². The average molecular weight is 358 g/mol. The number of nitrogens with one attached hydrogen (secondary N) is 1. The lowest BCUT2D eigenvalue weighted by atomic mass is 9.75. The number of nitrogens with two attached hydrogens (primary N) is 1. The van der Waals surface area contributed by atoms with E-state index >= 15 is 0 Å². The van der Waals surface area contributed by atoms with Gasteiger partial charge in [0.05, 0.1) is 5.94 Å². The van der Waals surface area contributed by atoms with Gasteiger partial charge in [-0.05, 0) is 23.6 Å². The number of carbonyl (C=O) groups is 2. The molecule has 0 heterocycles. The molecule has 2 rings (SSSR count). The molecule has 0 aromatic heterocycles. The summed E-state index contributed by atoms with van der Waals surface area (Å²) in [5.41, 5.74) is 6.25. The maximum atomic E-state index is 12.3. The molecule has 0 fully saturated rings. The average Bonchev–Trinajstić information content (AvgIpc) is 2.62. The minimum absolute atomic E-state index is 0.150. The first-order chi connectivity index (χ1) is 12.3. The summed E-state index contributed by atoms with van der Waals surface area (Å²) in [5, 5.41) is 40.6. The largest absolute Gasteiger partial charge is 0.507 e. The SMILES string of the molecule is N[C@H](C(=O)N[C@@H](Cc1cccc(C(=O)O)c1O)B(O)O)c1ccccc1. The van der Waals surface area contributed by atoms with Crippen molar-refractivity contribution in [2.45, 2.75) is 18.4 Å². The summed E-state index contributed by atoms with van der Waals surface area (Å²) < 4.78 is 0. The van der Waals surface area contributed by atoms with Crippen LogP contribution in [0.25, 0.3) is 0 Å². The van der Waals surface area contributed by atoms with Gasteiger partial charge in [0.25, 0.3) is 0 Å². The fourth-order valence-corrected chi connectivity index (χ4v) is 2.48. The van der Waals surface area contributed by atoms with Gasteiger partial charge in [-0.3, -0.25) is 4.79 Å². The number of hydrogen-bond donors (Lipinski definition) is 6. The normalized spacial score (nSPS) is 12.9. The van der Waals surface area contributed by atoms with Gasteiger partial charge in [-0.25, -0.2) is 4.79 Å². The summed E-state index contributed by atoms with van der Waals surface area (Å²) in [6, 6.07) is 11.6. The standard InChI is InChI=1S/C17H19BN2O6/c19-14(10-5-2-1-3-6-10)16(22)20-13(18(25)26)9-11-7-4-8-12(15(11)21)17(23)24/h1-8,13-14,21,25-26H,9,19H2,(H,20,22)(H,23,24)/t13-,14-/m0/s1. The molecular formula is C17H19BN2O6. The van der Waals surface area contributed by atoms with Crippen LogP contribution in [0.3, 0.4) is 0 Å². The molecule has 0 unspecified atom stereocenters. The van der Waals surface area contributed by atoms with Crippen molar-refractivity contribution in [1.29, 1.82) is 0 Å². The van der Waals surface area contributed by atoms with Crippen LogP contribution >= 0.6 is 0 Å². The summed E-state index contributed by atoms with van der Waals surface area (Å²) in [7, 11) is -1.94. The molecule has 2 atom stereocenters. The van der Waals surface area contributed by atoms with Crippen molar-refractivity contribution in [2.75, 3.05) is 0 Å². The van der Waals surface area contributed by atoms with Crippen LogP contribution in [-0.2, 0) is 11.2 Å². The number of hydrogen-bond acceptors (Lipinski definition) is 6. The number of benzene rings is 2. The van der Waals surface area contributed by atoms with Crippen LogP contribution in [-0.4, -0.2) is 45.2 Å². The molecule has 9 heteroatoms. The Bertz CT molecular complexity index is 784. The maximum absolute atomic E-state index is 12.3. The molecule has 8 nitrogen and oxygen atoms in total. The van der Waals surface area contributed by atoms with Gasteiger partial charge < -0.3 is 31.3 Å². The summed E-state index contributed by atoms with van der Waals surface area (Å²) in [4.78, 5) is 23.4. The lowest BCUT2D eigenvalue weighted by Crippen LogP contribution is -2.50. The van der Waals surface area contributed by atoms with Crippen LogP contribution in [0.4, 0.5) is 0 Å². The molecule has 0 aliphatic heterocycles. The highest BCUT2D eigenvalue weighted by Gasteiger charge is 2.29. The zero-order valence-electron chi connectivity index (χ0n) is 13.7. The minimum Gasteiger partial charge on any atom is -0.507 e. The second kappa shape index (κ2) is 8.48. The fourth-order valence-electron chi connectivity index (χ4n) is 2.48. The van der Waals surface area contributed by atoms with Gasteiger partial charge in [0.2, 0.25) is 5.91 Å². The van der Waals surface area contributed by atoms with Crippen LogP contribution in [0.5, 0.6) is 5.75 Å². The monoisotopic (exact) mass is 358 g/mol. The number of aromatic carboxylic acids is 1. The van der Waals surface area contributed by atoms with E-state index in [1.165, 1.54) is 18.2 Å². The molecule has 136 valence electrons. The summed E-state index contributed by atoms with van der Waals surface area (Å²) in [5.74, 6) is -3.64. The molecule has 0 radical (unpaired) electrons. The van der Waals surface area contributed by atoms with Gasteiger partial charge in [-0.1, -0.05) is 42.5 Å². The van der Waals surface area contributed by atoms with E-state index in [0.717, 1.165) is 0 Å². The Kier molecular flexibility index (Phi) is 6.34. The highest BCUT2D eigenvalue weighted by atomic mass is 16.4. The van der Waals surface area contributed by atoms with Crippen molar-refractivity contribution >= 4 is 19.0 Å². The number of amides is 1. The lowest BCUT2D eigenvalue weighted by molar-refractivity contribution is -0.122. The third-order valence-electron chi connectivity index (χ3n) is 3.92. The Labute approximate surface area is 150 Å². The maximum Gasteiger partial charge on any atom is 0.475 e. The number of phenols is 1. The van der Waals surface area contributed by atoms with Crippen LogP contribution in [0.1, 0.15) is 27.5 Å². The molecule has 7 N–H and O–H groups in total. The van der Waals surface area contributed by atoms with E-state index in [0.29, 0.717) is 5.56 Å². The number of aromatic hydroxyl groups is 1. The first kappa shape index (κ1) is 19.4. The van der Waals surface area contributed by atoms with E-state index < -0.39 is 36.7 Å². The van der Waals surface area contributed by atoms with Gasteiger partial charge in [-0.2, -0.15) is 0 Å². The molecule has 0 aliphatic rings. The third-order valence-corrected chi connectivity index (χ3v) is 3.92. The molecule has 0 saturated carbocycles. The Morgan fingerprint density at radius 1 is 1.08 bits per heavy atom. The topological polar surface area (TPSA) is 153 Å². The van der Waals surface area contributed by atoms with Gasteiger partial charge in [0.15, 0.2) is 0 Å². The lowest BCUT2D eigenvalue weighted by Gasteiger charge is -2.21. The molecule has 0 saturated heterocycles. The van der Waals surface area contributed by atoms with Crippen molar-refractivity contribution in [3.8, 4) is 5.75 Å². The molecule has 0 aliphatic carbocycles. The molecular weight excluding hydrogens is 339 g/mol. The number of rotatable bonds is 7. The van der Waals surface area contributed by atoms with E-state index in [4.69, 9.17) is 10.8 Å². The smallest absolute Gasteiger partial charge is 0.475 e. The third kappa shape index (κ3) is 4.60. The van der Waals surface area contributed by atoms with E-state index in [1.54, 1.807) is 30.3 Å². The van der Waals surface area contributed by atoms with Crippen LogP contribution < -0.4 is 11.1 Å². The van der Waals surface area contributed by atoms with Crippen molar-refractivity contribution in [3.63, 3.8) is 0 Å². The summed E-state index contributed by atoms with van der Waals surface area (Å²) >= 11 is 0. The summed E-state index contributed by atoms with van der Waals surface area (Å²) in [6.07, 6.45) is -0.197. The van der Waals surface area contributed by atoms with E-state index in [2.05, 4.69) is 5.32 Å². The molecule has 2 aromatic carbocycles. The van der Waals surface area contributed by atoms with E-state index in [9.17, 15) is 24.7 Å². The van der Waals surface area contributed by atoms with Crippen LogP contribution in [0.2, 0.25) is 0 Å². The number of carboxylic acid groups (broad SMARTS) is 1. The highest BCUT2D eigenvalue weighted by molar-refractivity contribution is 6.43. The van der Waals surface area contributed by atoms with Gasteiger partial charge in [-0.15, -0.1) is 0 Å².